The first kappa shape index (κ1) is 22.8. The quantitative estimate of drug-likeness (QED) is 0.737. The number of rotatable bonds is 6. The van der Waals surface area contributed by atoms with Gasteiger partial charge < -0.3 is 15.0 Å². The van der Waals surface area contributed by atoms with Gasteiger partial charge in [0.15, 0.2) is 0 Å². The average molecular weight is 446 g/mol. The molecule has 1 heterocycles. The van der Waals surface area contributed by atoms with E-state index in [0.717, 1.165) is 21.1 Å². The normalized spacial score (nSPS) is 15.7. The Morgan fingerprint density at radius 1 is 1.23 bits per heavy atom. The van der Waals surface area contributed by atoms with Gasteiger partial charge in [-0.1, -0.05) is 6.07 Å². The first-order chi connectivity index (χ1) is 14.5. The molecule has 2 aromatic carbocycles. The van der Waals surface area contributed by atoms with Crippen molar-refractivity contribution < 1.29 is 22.7 Å². The molecular formula is C22H27N3O5S. The maximum atomic E-state index is 13.0. The first-order valence-corrected chi connectivity index (χ1v) is 11.3. The maximum Gasteiger partial charge on any atom is 0.243 e. The minimum Gasteiger partial charge on any atom is -0.495 e. The van der Waals surface area contributed by atoms with Crippen molar-refractivity contribution in [2.45, 2.75) is 38.1 Å². The summed E-state index contributed by atoms with van der Waals surface area (Å²) in [4.78, 5) is 26.2. The fourth-order valence-corrected chi connectivity index (χ4v) is 5.00. The number of amides is 2. The van der Waals surface area contributed by atoms with Crippen molar-refractivity contribution in [3.8, 4) is 5.75 Å². The van der Waals surface area contributed by atoms with Crippen molar-refractivity contribution in [3.05, 3.63) is 47.5 Å². The van der Waals surface area contributed by atoms with Crippen molar-refractivity contribution >= 4 is 33.2 Å². The van der Waals surface area contributed by atoms with Crippen molar-refractivity contribution in [2.24, 2.45) is 0 Å². The van der Waals surface area contributed by atoms with E-state index in [9.17, 15) is 18.0 Å². The van der Waals surface area contributed by atoms with Crippen LogP contribution in [0.3, 0.4) is 0 Å². The van der Waals surface area contributed by atoms with Crippen LogP contribution in [0.5, 0.6) is 5.75 Å². The van der Waals surface area contributed by atoms with Crippen molar-refractivity contribution in [3.63, 3.8) is 0 Å². The van der Waals surface area contributed by atoms with Crippen LogP contribution in [-0.2, 0) is 26.0 Å². The van der Waals surface area contributed by atoms with E-state index in [1.807, 2.05) is 19.9 Å². The summed E-state index contributed by atoms with van der Waals surface area (Å²) < 4.78 is 32.3. The van der Waals surface area contributed by atoms with E-state index >= 15 is 0 Å². The summed E-state index contributed by atoms with van der Waals surface area (Å²) in [7, 11) is -1.03. The van der Waals surface area contributed by atoms with Gasteiger partial charge in [0.1, 0.15) is 5.75 Å². The third kappa shape index (κ3) is 4.57. The van der Waals surface area contributed by atoms with Gasteiger partial charge in [0.05, 0.1) is 24.2 Å². The highest BCUT2D eigenvalue weighted by atomic mass is 32.2. The number of likely N-dealkylation sites (N-methyl/N-ethyl adjacent to an activating group) is 1. The highest BCUT2D eigenvalue weighted by Gasteiger charge is 2.31. The van der Waals surface area contributed by atoms with Crippen LogP contribution in [0.1, 0.15) is 25.0 Å². The molecule has 0 saturated carbocycles. The summed E-state index contributed by atoms with van der Waals surface area (Å²) in [6.45, 7) is 4.94. The zero-order chi connectivity index (χ0) is 22.9. The van der Waals surface area contributed by atoms with Crippen molar-refractivity contribution in [1.82, 2.24) is 4.31 Å². The van der Waals surface area contributed by atoms with Crippen LogP contribution >= 0.6 is 0 Å². The van der Waals surface area contributed by atoms with Gasteiger partial charge in [-0.2, -0.15) is 4.31 Å². The largest absolute Gasteiger partial charge is 0.495 e. The SMILES string of the molecule is COc1ccc(C)cc1NC(=O)CN(C)S(=O)(=O)c1ccc2c(c1)C[C@@H](C)N2C(C)=O. The molecule has 8 nitrogen and oxygen atoms in total. The van der Waals surface area contributed by atoms with E-state index in [-0.39, 0.29) is 23.4 Å². The number of methoxy groups -OCH3 is 1. The zero-order valence-corrected chi connectivity index (χ0v) is 19.1. The molecule has 9 heteroatoms. The Kier molecular flexibility index (Phi) is 6.38. The molecular weight excluding hydrogens is 418 g/mol. The predicted molar refractivity (Wildman–Crippen MR) is 119 cm³/mol. The second-order valence-corrected chi connectivity index (χ2v) is 9.79. The molecule has 1 aliphatic rings. The number of nitrogens with one attached hydrogen (secondary N) is 1. The summed E-state index contributed by atoms with van der Waals surface area (Å²) in [5, 5.41) is 2.71. The number of fused-ring (bicyclic) bond motifs is 1. The van der Waals surface area contributed by atoms with E-state index in [1.165, 1.54) is 27.1 Å². The van der Waals surface area contributed by atoms with E-state index < -0.39 is 15.9 Å². The number of carbonyl (C=O) groups excluding carboxylic acids is 2. The Labute approximate surface area is 182 Å². The summed E-state index contributed by atoms with van der Waals surface area (Å²) in [6.07, 6.45) is 0.579. The van der Waals surface area contributed by atoms with E-state index in [2.05, 4.69) is 5.32 Å². The third-order valence-electron chi connectivity index (χ3n) is 5.31. The minimum absolute atomic E-state index is 0.0294. The lowest BCUT2D eigenvalue weighted by Crippen LogP contribution is -2.35. The molecule has 0 fully saturated rings. The van der Waals surface area contributed by atoms with Crippen LogP contribution < -0.4 is 15.0 Å². The van der Waals surface area contributed by atoms with E-state index in [0.29, 0.717) is 17.9 Å². The fraction of sp³-hybridized carbons (Fsp3) is 0.364. The Morgan fingerprint density at radius 2 is 1.94 bits per heavy atom. The number of hydrogen-bond acceptors (Lipinski definition) is 5. The highest BCUT2D eigenvalue weighted by molar-refractivity contribution is 7.89. The van der Waals surface area contributed by atoms with Gasteiger partial charge in [-0.15, -0.1) is 0 Å². The second kappa shape index (κ2) is 8.68. The Hall–Kier alpha value is -2.91. The number of ether oxygens (including phenoxy) is 1. The smallest absolute Gasteiger partial charge is 0.243 e. The molecule has 0 radical (unpaired) electrons. The lowest BCUT2D eigenvalue weighted by molar-refractivity contribution is -0.117. The molecule has 166 valence electrons. The molecule has 3 rings (SSSR count). The van der Waals surface area contributed by atoms with Gasteiger partial charge in [-0.25, -0.2) is 8.42 Å². The maximum absolute atomic E-state index is 13.0. The Bertz CT molecular complexity index is 1130. The Balaban J connectivity index is 1.77. The van der Waals surface area contributed by atoms with Crippen LogP contribution in [0, 0.1) is 6.92 Å². The van der Waals surface area contributed by atoms with Gasteiger partial charge in [-0.3, -0.25) is 9.59 Å². The van der Waals surface area contributed by atoms with Gasteiger partial charge in [-0.05, 0) is 61.7 Å². The van der Waals surface area contributed by atoms with Crippen molar-refractivity contribution in [1.29, 1.82) is 0 Å². The topological polar surface area (TPSA) is 96.0 Å². The molecule has 2 amide bonds. The standard InChI is InChI=1S/C22H27N3O5S/c1-14-6-9-21(30-5)19(10-14)23-22(27)13-24(4)31(28,29)18-7-8-20-17(12-18)11-15(2)25(20)16(3)26/h6-10,12,15H,11,13H2,1-5H3,(H,23,27)/t15-/m1/s1. The minimum atomic E-state index is -3.89. The first-order valence-electron chi connectivity index (χ1n) is 9.88. The zero-order valence-electron chi connectivity index (χ0n) is 18.3. The number of benzene rings is 2. The molecule has 1 N–H and O–H groups in total. The number of hydrogen-bond donors (Lipinski definition) is 1. The van der Waals surface area contributed by atoms with Crippen LogP contribution in [0.4, 0.5) is 11.4 Å². The van der Waals surface area contributed by atoms with Crippen LogP contribution in [0.2, 0.25) is 0 Å². The van der Waals surface area contributed by atoms with Crippen molar-refractivity contribution in [2.75, 3.05) is 30.9 Å². The summed E-state index contributed by atoms with van der Waals surface area (Å²) >= 11 is 0. The van der Waals surface area contributed by atoms with E-state index in [1.54, 1.807) is 29.2 Å². The molecule has 2 aromatic rings. The summed E-state index contributed by atoms with van der Waals surface area (Å²) in [6, 6.07) is 10.0. The second-order valence-electron chi connectivity index (χ2n) is 7.75. The van der Waals surface area contributed by atoms with Crippen LogP contribution in [0.15, 0.2) is 41.3 Å². The molecule has 1 atom stereocenters. The summed E-state index contributed by atoms with van der Waals surface area (Å²) in [5.74, 6) is -0.0676. The van der Waals surface area contributed by atoms with Gasteiger partial charge >= 0.3 is 0 Å². The molecule has 0 spiro atoms. The lowest BCUT2D eigenvalue weighted by atomic mass is 10.1. The van der Waals surface area contributed by atoms with Gasteiger partial charge in [0.25, 0.3) is 0 Å². The van der Waals surface area contributed by atoms with Gasteiger partial charge in [0, 0.05) is 25.7 Å². The fourth-order valence-electron chi connectivity index (χ4n) is 3.82. The van der Waals surface area contributed by atoms with E-state index in [4.69, 9.17) is 4.74 Å². The Morgan fingerprint density at radius 3 is 2.58 bits per heavy atom. The number of nitrogens with zero attached hydrogens (tertiary/aromatic N) is 2. The predicted octanol–water partition coefficient (Wildman–Crippen LogP) is 2.56. The molecule has 31 heavy (non-hydrogen) atoms. The monoisotopic (exact) mass is 445 g/mol. The van der Waals surface area contributed by atoms with Gasteiger partial charge in [0.2, 0.25) is 21.8 Å². The molecule has 0 saturated heterocycles. The summed E-state index contributed by atoms with van der Waals surface area (Å²) in [5.41, 5.74) is 2.94. The number of anilines is 2. The molecule has 0 aromatic heterocycles. The third-order valence-corrected chi connectivity index (χ3v) is 7.11. The molecule has 1 aliphatic heterocycles. The molecule has 0 bridgehead atoms. The average Bonchev–Trinajstić information content (AvgIpc) is 3.03. The lowest BCUT2D eigenvalue weighted by Gasteiger charge is -2.21. The van der Waals surface area contributed by atoms with Crippen LogP contribution in [0.25, 0.3) is 0 Å². The highest BCUT2D eigenvalue weighted by Crippen LogP contribution is 2.34. The number of aryl methyl sites for hydroxylation is 1. The van der Waals surface area contributed by atoms with Crippen LogP contribution in [-0.4, -0.2) is 51.3 Å². The number of carbonyl (C=O) groups is 2. The molecule has 0 aliphatic carbocycles. The molecule has 0 unspecified atom stereocenters. The number of sulfonamides is 1.